The fourth-order valence-electron chi connectivity index (χ4n) is 4.42. The molecule has 0 amide bonds. The third-order valence-electron chi connectivity index (χ3n) is 5.81. The molecule has 0 bridgehead atoms. The maximum absolute atomic E-state index is 14.7. The number of aryl methyl sites for hydroxylation is 1. The number of ether oxygens (including phenoxy) is 2. The lowest BCUT2D eigenvalue weighted by Crippen LogP contribution is -2.13. The minimum absolute atomic E-state index is 0.0184. The van der Waals surface area contributed by atoms with Gasteiger partial charge < -0.3 is 9.47 Å². The summed E-state index contributed by atoms with van der Waals surface area (Å²) in [6.07, 6.45) is 4.44. The summed E-state index contributed by atoms with van der Waals surface area (Å²) in [4.78, 5) is 4.43. The molecule has 8 heteroatoms. The van der Waals surface area contributed by atoms with Crippen LogP contribution < -0.4 is 9.47 Å². The summed E-state index contributed by atoms with van der Waals surface area (Å²) in [5.74, 6) is 1.22. The summed E-state index contributed by atoms with van der Waals surface area (Å²) in [5.41, 5.74) is 4.51. The second kappa shape index (κ2) is 6.67. The van der Waals surface area contributed by atoms with Crippen LogP contribution in [0.2, 0.25) is 5.02 Å². The normalized spacial score (nSPS) is 17.3. The van der Waals surface area contributed by atoms with E-state index in [-0.39, 0.29) is 11.7 Å². The van der Waals surface area contributed by atoms with Gasteiger partial charge in [-0.05, 0) is 48.7 Å². The van der Waals surface area contributed by atoms with E-state index >= 15 is 0 Å². The van der Waals surface area contributed by atoms with Gasteiger partial charge in [0.25, 0.3) is 0 Å². The molecule has 0 N–H and O–H groups in total. The lowest BCUT2D eigenvalue weighted by molar-refractivity contribution is 0.246. The van der Waals surface area contributed by atoms with Crippen molar-refractivity contribution in [3.8, 4) is 22.8 Å². The predicted octanol–water partition coefficient (Wildman–Crippen LogP) is 4.24. The maximum atomic E-state index is 14.7. The first-order valence-electron chi connectivity index (χ1n) is 9.74. The van der Waals surface area contributed by atoms with Crippen LogP contribution in [-0.2, 0) is 12.8 Å². The van der Waals surface area contributed by atoms with Gasteiger partial charge in [-0.25, -0.2) is 4.39 Å². The molecule has 1 atom stereocenters. The van der Waals surface area contributed by atoms with Crippen LogP contribution in [0.25, 0.3) is 16.9 Å². The van der Waals surface area contributed by atoms with Crippen molar-refractivity contribution >= 4 is 17.2 Å². The van der Waals surface area contributed by atoms with Crippen LogP contribution in [0.15, 0.2) is 42.9 Å². The number of halogens is 2. The Balaban J connectivity index is 1.54. The average molecular weight is 423 g/mol. The van der Waals surface area contributed by atoms with E-state index in [2.05, 4.69) is 15.2 Å². The quantitative estimate of drug-likeness (QED) is 0.459. The molecular weight excluding hydrogens is 407 g/mol. The summed E-state index contributed by atoms with van der Waals surface area (Å²) >= 11 is 6.41. The first-order chi connectivity index (χ1) is 14.7. The van der Waals surface area contributed by atoms with Crippen molar-refractivity contribution < 1.29 is 13.9 Å². The number of hydrogen-bond acceptors (Lipinski definition) is 5. The van der Waals surface area contributed by atoms with E-state index in [0.717, 1.165) is 22.6 Å². The van der Waals surface area contributed by atoms with Gasteiger partial charge in [0.1, 0.15) is 23.6 Å². The molecule has 3 aromatic heterocycles. The summed E-state index contributed by atoms with van der Waals surface area (Å²) in [6, 6.07) is 8.67. The van der Waals surface area contributed by atoms with Gasteiger partial charge >= 0.3 is 0 Å². The molecule has 6 rings (SSSR count). The van der Waals surface area contributed by atoms with Gasteiger partial charge in [-0.15, -0.1) is 10.2 Å². The number of aromatic nitrogens is 4. The molecule has 150 valence electrons. The summed E-state index contributed by atoms with van der Waals surface area (Å²) in [6.45, 7) is 0.869. The van der Waals surface area contributed by atoms with Gasteiger partial charge in [-0.1, -0.05) is 11.6 Å². The molecule has 1 aromatic carbocycles. The van der Waals surface area contributed by atoms with E-state index in [0.29, 0.717) is 53.7 Å². The highest BCUT2D eigenvalue weighted by Gasteiger charge is 2.31. The fraction of sp³-hybridized carbons (Fsp3) is 0.227. The van der Waals surface area contributed by atoms with Gasteiger partial charge in [-0.3, -0.25) is 9.38 Å². The highest BCUT2D eigenvalue weighted by atomic mass is 35.5. The highest BCUT2D eigenvalue weighted by Crippen LogP contribution is 2.41. The zero-order valence-electron chi connectivity index (χ0n) is 15.8. The van der Waals surface area contributed by atoms with Crippen LogP contribution >= 0.6 is 11.6 Å². The van der Waals surface area contributed by atoms with E-state index in [1.807, 2.05) is 10.5 Å². The molecule has 6 nitrogen and oxygen atoms in total. The molecular formula is C22H16ClFN4O2. The first kappa shape index (κ1) is 17.7. The molecule has 0 aliphatic carbocycles. The Bertz CT molecular complexity index is 1310. The smallest absolute Gasteiger partial charge is 0.170 e. The van der Waals surface area contributed by atoms with Crippen LogP contribution in [0.5, 0.6) is 11.5 Å². The Kier molecular flexibility index (Phi) is 3.92. The average Bonchev–Trinajstić information content (AvgIpc) is 3.40. The number of fused-ring (bicyclic) bond motifs is 3. The van der Waals surface area contributed by atoms with Crippen LogP contribution in [-0.4, -0.2) is 32.8 Å². The van der Waals surface area contributed by atoms with Crippen molar-refractivity contribution in [2.24, 2.45) is 0 Å². The summed E-state index contributed by atoms with van der Waals surface area (Å²) in [5, 5.41) is 8.91. The van der Waals surface area contributed by atoms with Crippen molar-refractivity contribution in [3.05, 3.63) is 70.5 Å². The standard InChI is InChI=1S/C22H16ClFN4O2/c23-15-2-1-7-25-21(15)14-8-19-17(28-11-26-27-22(14)28)5-3-13-16(24)4-6-18-20(13)12(9-29-18)10-30-19/h1-2,4,6-8,11-12H,3,5,9-10H2/t12-/m1/s1. The van der Waals surface area contributed by atoms with Crippen molar-refractivity contribution in [2.45, 2.75) is 18.8 Å². The molecule has 0 radical (unpaired) electrons. The molecule has 2 aliphatic heterocycles. The van der Waals surface area contributed by atoms with Crippen LogP contribution in [0.1, 0.15) is 22.7 Å². The lowest BCUT2D eigenvalue weighted by atomic mass is 9.93. The number of nitrogens with zero attached hydrogens (tertiary/aromatic N) is 4. The topological polar surface area (TPSA) is 61.5 Å². The van der Waals surface area contributed by atoms with Crippen LogP contribution in [0.4, 0.5) is 4.39 Å². The zero-order chi connectivity index (χ0) is 20.2. The van der Waals surface area contributed by atoms with E-state index in [1.165, 1.54) is 6.07 Å². The number of rotatable bonds is 1. The highest BCUT2D eigenvalue weighted by molar-refractivity contribution is 6.33. The number of pyridine rings is 2. The van der Waals surface area contributed by atoms with E-state index in [1.54, 1.807) is 30.7 Å². The second-order valence-corrected chi connectivity index (χ2v) is 7.89. The Hall–Kier alpha value is -3.19. The van der Waals surface area contributed by atoms with Crippen molar-refractivity contribution in [3.63, 3.8) is 0 Å². The largest absolute Gasteiger partial charge is 0.493 e. The summed E-state index contributed by atoms with van der Waals surface area (Å²) < 4.78 is 28.7. The molecule has 5 heterocycles. The van der Waals surface area contributed by atoms with Crippen LogP contribution in [0, 0.1) is 5.82 Å². The Labute approximate surface area is 176 Å². The van der Waals surface area contributed by atoms with Gasteiger partial charge in [0, 0.05) is 11.8 Å². The van der Waals surface area contributed by atoms with Gasteiger partial charge in [-0.2, -0.15) is 0 Å². The fourth-order valence-corrected chi connectivity index (χ4v) is 4.65. The molecule has 4 aromatic rings. The molecule has 0 spiro atoms. The molecule has 0 unspecified atom stereocenters. The van der Waals surface area contributed by atoms with Gasteiger partial charge in [0.2, 0.25) is 0 Å². The van der Waals surface area contributed by atoms with E-state index in [9.17, 15) is 4.39 Å². The minimum atomic E-state index is -0.204. The first-order valence-corrected chi connectivity index (χ1v) is 10.1. The second-order valence-electron chi connectivity index (χ2n) is 7.48. The van der Waals surface area contributed by atoms with Gasteiger partial charge in [0.15, 0.2) is 5.65 Å². The third kappa shape index (κ3) is 2.58. The van der Waals surface area contributed by atoms with E-state index in [4.69, 9.17) is 21.1 Å². The van der Waals surface area contributed by atoms with Gasteiger partial charge in [0.05, 0.1) is 41.1 Å². The maximum Gasteiger partial charge on any atom is 0.170 e. The predicted molar refractivity (Wildman–Crippen MR) is 109 cm³/mol. The van der Waals surface area contributed by atoms with Crippen molar-refractivity contribution in [1.82, 2.24) is 19.6 Å². The lowest BCUT2D eigenvalue weighted by Gasteiger charge is -2.16. The number of hydrogen-bond donors (Lipinski definition) is 0. The number of benzene rings is 1. The molecule has 30 heavy (non-hydrogen) atoms. The molecule has 0 saturated carbocycles. The Morgan fingerprint density at radius 1 is 1.10 bits per heavy atom. The summed E-state index contributed by atoms with van der Waals surface area (Å²) in [7, 11) is 0. The van der Waals surface area contributed by atoms with Crippen molar-refractivity contribution in [1.29, 1.82) is 0 Å². The van der Waals surface area contributed by atoms with Crippen molar-refractivity contribution in [2.75, 3.05) is 13.2 Å². The molecule has 2 aliphatic rings. The monoisotopic (exact) mass is 422 g/mol. The Morgan fingerprint density at radius 3 is 2.83 bits per heavy atom. The van der Waals surface area contributed by atoms with E-state index < -0.39 is 0 Å². The molecule has 0 fully saturated rings. The van der Waals surface area contributed by atoms with Crippen LogP contribution in [0.3, 0.4) is 0 Å². The third-order valence-corrected chi connectivity index (χ3v) is 6.12. The minimum Gasteiger partial charge on any atom is -0.493 e. The Morgan fingerprint density at radius 2 is 1.97 bits per heavy atom. The SMILES string of the molecule is Fc1ccc2c3c1CCc1c(cc(-c4ncccc4Cl)c4nncn14)OC[C@H]3CO2. The molecule has 0 saturated heterocycles. The zero-order valence-corrected chi connectivity index (χ0v) is 16.6.